The summed E-state index contributed by atoms with van der Waals surface area (Å²) in [6, 6.07) is 0. The van der Waals surface area contributed by atoms with Crippen molar-refractivity contribution in [1.29, 1.82) is 0 Å². The van der Waals surface area contributed by atoms with E-state index in [1.807, 2.05) is 0 Å². The lowest BCUT2D eigenvalue weighted by molar-refractivity contribution is 0.0211. The van der Waals surface area contributed by atoms with Crippen LogP contribution in [0.15, 0.2) is 0 Å². The Morgan fingerprint density at radius 2 is 0.328 bits per heavy atom. The molecular formula is C106H232N10. The van der Waals surface area contributed by atoms with Crippen LogP contribution in [0, 0.1) is 74.4 Å². The molecule has 0 aromatic heterocycles. The Bertz CT molecular complexity index is 1960. The molecule has 0 unspecified atom stereocenters. The van der Waals surface area contributed by atoms with Gasteiger partial charge in [0.15, 0.2) is 0 Å². The fourth-order valence-electron chi connectivity index (χ4n) is 15.5. The third-order valence-corrected chi connectivity index (χ3v) is 24.9. The van der Waals surface area contributed by atoms with Gasteiger partial charge in [0.1, 0.15) is 0 Å². The molecule has 706 valence electrons. The highest BCUT2D eigenvalue weighted by Crippen LogP contribution is 2.40. The standard InChI is InChI=1S/2C13H27N.C12H26N2.C12H25N.C9H19N.4C8H17N.5C3H8/c2*1-12(2,3)11-7-9-14(10-8-11)13(4,5)6;1-11(2,3)13-7-9-14(10-8-13)12(4,5)6;1-11(2,3)10-7-8-13(9-10)12(4,5)6;1-8-5-6-10(7-8)9(2,3)4;2*1-8(2,3)7-5-9(4)6-7;2*1-7-5-9(6-7)8(2,3)4;5*1-3-2/h2*11H,7-10H2,1-6H3;7-10H2,1-6H3;10H,7-9H2,1-6H3;8H,5-7H2,1-4H3;4*7H,5-6H2,1-4H3;5*3H2,1-2H3/t;;;10-;8-;;;;;;;;;/m...10........./s1. The van der Waals surface area contributed by atoms with Crippen LogP contribution in [0.25, 0.3) is 0 Å². The van der Waals surface area contributed by atoms with E-state index in [-0.39, 0.29) is 0 Å². The van der Waals surface area contributed by atoms with Crippen LogP contribution < -0.4 is 0 Å². The summed E-state index contributed by atoms with van der Waals surface area (Å²) in [5.41, 5.74) is 5.54. The van der Waals surface area contributed by atoms with E-state index in [2.05, 4.69) is 423 Å². The molecule has 2 atom stereocenters. The van der Waals surface area contributed by atoms with Crippen molar-refractivity contribution in [1.82, 2.24) is 49.0 Å². The van der Waals surface area contributed by atoms with Gasteiger partial charge in [-0.05, 0) is 332 Å². The highest BCUT2D eigenvalue weighted by atomic mass is 15.3. The molecular weight excluding hydrogens is 1410 g/mol. The van der Waals surface area contributed by atoms with Gasteiger partial charge >= 0.3 is 0 Å². The lowest BCUT2D eigenvalue weighted by Crippen LogP contribution is -2.57. The number of likely N-dealkylation sites (tertiary alicyclic amines) is 8. The Balaban J connectivity index is -0.000000391. The molecule has 10 heteroatoms. The summed E-state index contributed by atoms with van der Waals surface area (Å²) in [5, 5.41) is 0. The number of nitrogens with zero attached hydrogens (tertiary/aromatic N) is 10. The monoisotopic (exact) mass is 1650 g/mol. The third-order valence-electron chi connectivity index (χ3n) is 24.9. The zero-order valence-corrected chi connectivity index (χ0v) is 91.5. The lowest BCUT2D eigenvalue weighted by Gasteiger charge is -2.46. The van der Waals surface area contributed by atoms with Crippen molar-refractivity contribution >= 4 is 0 Å². The van der Waals surface area contributed by atoms with E-state index in [1.165, 1.54) is 202 Å². The number of rotatable bonds is 0. The van der Waals surface area contributed by atoms with E-state index >= 15 is 0 Å². The maximum absolute atomic E-state index is 2.62. The molecule has 9 rings (SSSR count). The van der Waals surface area contributed by atoms with Gasteiger partial charge in [0.2, 0.25) is 0 Å². The van der Waals surface area contributed by atoms with Crippen molar-refractivity contribution in [3.8, 4) is 0 Å². The van der Waals surface area contributed by atoms with Gasteiger partial charge in [-0.1, -0.05) is 226 Å². The number of piperidine rings is 2. The maximum Gasteiger partial charge on any atom is 0.0126 e. The zero-order chi connectivity index (χ0) is 92.8. The quantitative estimate of drug-likeness (QED) is 0.234. The van der Waals surface area contributed by atoms with Crippen LogP contribution in [0.1, 0.15) is 431 Å². The van der Waals surface area contributed by atoms with Crippen molar-refractivity contribution in [2.75, 3.05) is 145 Å². The van der Waals surface area contributed by atoms with Crippen LogP contribution in [0.3, 0.4) is 0 Å². The molecule has 116 heavy (non-hydrogen) atoms. The molecule has 9 saturated heterocycles. The molecule has 0 radical (unpaired) electrons. The second-order valence-electron chi connectivity index (χ2n) is 51.4. The number of piperazine rings is 1. The largest absolute Gasteiger partial charge is 0.306 e. The molecule has 9 aliphatic rings. The molecule has 0 aromatic carbocycles. The van der Waals surface area contributed by atoms with Gasteiger partial charge in [0.05, 0.1) is 0 Å². The van der Waals surface area contributed by atoms with Crippen LogP contribution in [-0.4, -0.2) is 238 Å². The minimum absolute atomic E-state index is 0.337. The van der Waals surface area contributed by atoms with E-state index < -0.39 is 0 Å². The third kappa shape index (κ3) is 58.0. The van der Waals surface area contributed by atoms with Gasteiger partial charge in [-0.2, -0.15) is 0 Å². The molecule has 0 amide bonds. The zero-order valence-electron chi connectivity index (χ0n) is 91.5. The van der Waals surface area contributed by atoms with Gasteiger partial charge in [-0.25, -0.2) is 0 Å². The summed E-state index contributed by atoms with van der Waals surface area (Å²) in [6.07, 6.45) is 14.5. The van der Waals surface area contributed by atoms with Crippen LogP contribution in [0.2, 0.25) is 0 Å². The Morgan fingerprint density at radius 3 is 0.440 bits per heavy atom. The van der Waals surface area contributed by atoms with Crippen LogP contribution in [-0.2, 0) is 0 Å². The fourth-order valence-corrected chi connectivity index (χ4v) is 15.5. The number of hydrogen-bond acceptors (Lipinski definition) is 10. The second-order valence-corrected chi connectivity index (χ2v) is 51.4. The summed E-state index contributed by atoms with van der Waals surface area (Å²) in [6.45, 7) is 144. The first-order valence-corrected chi connectivity index (χ1v) is 49.3. The summed E-state index contributed by atoms with van der Waals surface area (Å²) in [5.74, 6) is 7.37. The molecule has 0 bridgehead atoms. The second kappa shape index (κ2) is 55.9. The fraction of sp³-hybridized carbons (Fsp3) is 1.00. The summed E-state index contributed by atoms with van der Waals surface area (Å²) in [7, 11) is 4.37. The highest BCUT2D eigenvalue weighted by molar-refractivity contribution is 4.94. The van der Waals surface area contributed by atoms with E-state index in [1.54, 1.807) is 0 Å². The molecule has 0 aliphatic carbocycles. The van der Waals surface area contributed by atoms with Crippen molar-refractivity contribution in [2.45, 2.75) is 475 Å². The van der Waals surface area contributed by atoms with E-state index in [4.69, 9.17) is 0 Å². The lowest BCUT2D eigenvalue weighted by atomic mass is 9.75. The Kier molecular flexibility index (Phi) is 59.8. The Morgan fingerprint density at radius 1 is 0.172 bits per heavy atom. The predicted molar refractivity (Wildman–Crippen MR) is 535 cm³/mol. The van der Waals surface area contributed by atoms with Crippen LogP contribution in [0.4, 0.5) is 0 Å². The Hall–Kier alpha value is -0.400. The SMILES string of the molecule is CC(C)(C)C1CCN(C(C)(C)C)CC1.CC(C)(C)C1CCN(C(C)(C)C)CC1.CC(C)(C)N1CCN(C(C)(C)C)CC1.CC(C)(C)[C@@H]1CCN(C(C)(C)C)C1.CC1CN(C(C)(C)C)C1.CC1CN(C(C)(C)C)C1.CCC.CCC.CCC.CCC.CCC.CN1CC(C(C)(C)C)C1.CN1CC(C(C)(C)C)C1.C[C@H]1CCN(C(C)(C)C)C1. The van der Waals surface area contributed by atoms with Crippen molar-refractivity contribution in [3.05, 3.63) is 0 Å². The van der Waals surface area contributed by atoms with E-state index in [9.17, 15) is 0 Å². The van der Waals surface area contributed by atoms with Gasteiger partial charge < -0.3 is 9.80 Å². The first-order chi connectivity index (χ1) is 51.9. The van der Waals surface area contributed by atoms with E-state index in [0.717, 1.165) is 47.3 Å². The molecule has 0 saturated carbocycles. The minimum atomic E-state index is 0.337. The molecule has 0 N–H and O–H groups in total. The predicted octanol–water partition coefficient (Wildman–Crippen LogP) is 28.3. The van der Waals surface area contributed by atoms with Crippen molar-refractivity contribution < 1.29 is 0 Å². The molecule has 0 aromatic rings. The smallest absolute Gasteiger partial charge is 0.0126 e. The maximum atomic E-state index is 2.62. The topological polar surface area (TPSA) is 32.4 Å². The minimum Gasteiger partial charge on any atom is -0.306 e. The van der Waals surface area contributed by atoms with Gasteiger partial charge in [-0.3, -0.25) is 39.2 Å². The molecule has 9 heterocycles. The van der Waals surface area contributed by atoms with Gasteiger partial charge in [-0.15, -0.1) is 0 Å². The summed E-state index contributed by atoms with van der Waals surface area (Å²) < 4.78 is 0. The van der Waals surface area contributed by atoms with Crippen molar-refractivity contribution in [3.63, 3.8) is 0 Å². The van der Waals surface area contributed by atoms with E-state index in [0.29, 0.717) is 71.4 Å². The van der Waals surface area contributed by atoms with Gasteiger partial charge in [0.25, 0.3) is 0 Å². The Labute approximate surface area is 739 Å². The molecule has 9 fully saturated rings. The van der Waals surface area contributed by atoms with Crippen LogP contribution in [0.5, 0.6) is 0 Å². The summed E-state index contributed by atoms with van der Waals surface area (Å²) >= 11 is 0. The first kappa shape index (κ1) is 124. The average Bonchev–Trinajstić information content (AvgIpc) is 1.15. The normalized spacial score (nSPS) is 22.0. The van der Waals surface area contributed by atoms with Gasteiger partial charge in [0, 0.05) is 136 Å². The molecule has 9 aliphatic heterocycles. The number of hydrogen-bond donors (Lipinski definition) is 0. The molecule has 0 spiro atoms. The highest BCUT2D eigenvalue weighted by Gasteiger charge is 2.40. The summed E-state index contributed by atoms with van der Waals surface area (Å²) in [4.78, 5) is 25.3. The average molecular weight is 1650 g/mol. The van der Waals surface area contributed by atoms with Crippen LogP contribution >= 0.6 is 0 Å². The first-order valence-electron chi connectivity index (χ1n) is 49.3. The van der Waals surface area contributed by atoms with Crippen molar-refractivity contribution in [2.24, 2.45) is 74.4 Å². The molecule has 10 nitrogen and oxygen atoms in total.